The van der Waals surface area contributed by atoms with E-state index in [-0.39, 0.29) is 36.8 Å². The van der Waals surface area contributed by atoms with Gasteiger partial charge in [-0.1, -0.05) is 15.9 Å². The van der Waals surface area contributed by atoms with Crippen LogP contribution >= 0.6 is 52.1 Å². The van der Waals surface area contributed by atoms with Crippen LogP contribution < -0.4 is 11.1 Å². The summed E-state index contributed by atoms with van der Waals surface area (Å²) in [5.74, 6) is 0.0263. The molecule has 0 saturated carbocycles. The molecule has 21 heavy (non-hydrogen) atoms. The highest BCUT2D eigenvalue weighted by Crippen LogP contribution is 2.25. The van der Waals surface area contributed by atoms with Crippen molar-refractivity contribution < 1.29 is 4.79 Å². The number of carbonyl (C=O) groups excluding carboxylic acids is 1. The third-order valence-electron chi connectivity index (χ3n) is 2.72. The second kappa shape index (κ2) is 9.58. The number of amides is 1. The number of hydrogen-bond acceptors (Lipinski definition) is 4. The molecule has 3 N–H and O–H groups in total. The normalized spacial score (nSPS) is 11.4. The first-order valence-electron chi connectivity index (χ1n) is 6.13. The molecule has 118 valence electrons. The molecule has 1 atom stereocenters. The van der Waals surface area contributed by atoms with Gasteiger partial charge in [0.05, 0.1) is 15.2 Å². The van der Waals surface area contributed by atoms with E-state index in [0.717, 1.165) is 19.7 Å². The van der Waals surface area contributed by atoms with Crippen LogP contribution in [0.3, 0.4) is 0 Å². The number of nitrogens with zero attached hydrogens (tertiary/aromatic N) is 1. The minimum absolute atomic E-state index is 0. The maximum absolute atomic E-state index is 11.7. The summed E-state index contributed by atoms with van der Waals surface area (Å²) in [5, 5.41) is 3.84. The third-order valence-corrected chi connectivity index (χ3v) is 4.31. The summed E-state index contributed by atoms with van der Waals surface area (Å²) in [7, 11) is 0. The molecule has 2 aromatic rings. The topological polar surface area (TPSA) is 68.0 Å². The van der Waals surface area contributed by atoms with Crippen molar-refractivity contribution in [2.45, 2.75) is 25.8 Å². The molecule has 1 heterocycles. The van der Waals surface area contributed by atoms with E-state index in [0.29, 0.717) is 19.4 Å². The summed E-state index contributed by atoms with van der Waals surface area (Å²) in [6.07, 6.45) is 1.12. The van der Waals surface area contributed by atoms with E-state index in [1.54, 1.807) is 11.3 Å². The van der Waals surface area contributed by atoms with Crippen LogP contribution in [-0.2, 0) is 11.2 Å². The molecule has 0 aliphatic heterocycles. The lowest BCUT2D eigenvalue weighted by Gasteiger charge is -2.10. The minimum Gasteiger partial charge on any atom is -0.352 e. The number of halogens is 3. The van der Waals surface area contributed by atoms with E-state index in [4.69, 9.17) is 5.73 Å². The number of aromatic nitrogens is 1. The van der Waals surface area contributed by atoms with Crippen LogP contribution in [0.15, 0.2) is 22.7 Å². The Labute approximate surface area is 148 Å². The molecule has 0 aliphatic rings. The number of nitrogens with one attached hydrogen (secondary N) is 1. The Balaban J connectivity index is 0.00000200. The lowest BCUT2D eigenvalue weighted by Crippen LogP contribution is -2.37. The smallest absolute Gasteiger partial charge is 0.220 e. The average Bonchev–Trinajstić information content (AvgIpc) is 2.78. The Morgan fingerprint density at radius 1 is 1.48 bits per heavy atom. The highest BCUT2D eigenvalue weighted by molar-refractivity contribution is 9.10. The molecule has 0 bridgehead atoms. The van der Waals surface area contributed by atoms with Crippen LogP contribution in [0.25, 0.3) is 10.2 Å². The number of aryl methyl sites for hydroxylation is 1. The SMILES string of the molecule is C[C@@H](CN)NC(=O)CCc1nc2cc(Br)ccc2s1.Cl.Cl. The number of thiazole rings is 1. The van der Waals surface area contributed by atoms with Crippen molar-refractivity contribution in [3.63, 3.8) is 0 Å². The fourth-order valence-corrected chi connectivity index (χ4v) is 2.98. The molecule has 0 spiro atoms. The molecule has 8 heteroatoms. The molecule has 0 saturated heterocycles. The Hall–Kier alpha value is -0.400. The molecular weight excluding hydrogens is 397 g/mol. The summed E-state index contributed by atoms with van der Waals surface area (Å²) in [6.45, 7) is 2.36. The molecule has 0 fully saturated rings. The number of carbonyl (C=O) groups is 1. The van der Waals surface area contributed by atoms with Crippen LogP contribution in [-0.4, -0.2) is 23.5 Å². The van der Waals surface area contributed by atoms with Crippen molar-refractivity contribution in [1.82, 2.24) is 10.3 Å². The lowest BCUT2D eigenvalue weighted by molar-refractivity contribution is -0.121. The highest BCUT2D eigenvalue weighted by Gasteiger charge is 2.09. The molecule has 1 aromatic heterocycles. The van der Waals surface area contributed by atoms with Crippen molar-refractivity contribution in [2.24, 2.45) is 5.73 Å². The second-order valence-corrected chi connectivity index (χ2v) is 6.45. The van der Waals surface area contributed by atoms with Crippen molar-refractivity contribution in [1.29, 1.82) is 0 Å². The van der Waals surface area contributed by atoms with Gasteiger partial charge >= 0.3 is 0 Å². The molecule has 1 aromatic carbocycles. The zero-order valence-corrected chi connectivity index (χ0v) is 15.5. The first-order valence-corrected chi connectivity index (χ1v) is 7.74. The summed E-state index contributed by atoms with van der Waals surface area (Å²) in [4.78, 5) is 16.2. The van der Waals surface area contributed by atoms with E-state index in [9.17, 15) is 4.79 Å². The van der Waals surface area contributed by atoms with Gasteiger partial charge in [0.15, 0.2) is 0 Å². The first kappa shape index (κ1) is 20.6. The Bertz CT molecular complexity index is 594. The molecule has 0 radical (unpaired) electrons. The fraction of sp³-hybridized carbons (Fsp3) is 0.385. The molecule has 0 aliphatic carbocycles. The third kappa shape index (κ3) is 6.08. The highest BCUT2D eigenvalue weighted by atomic mass is 79.9. The van der Waals surface area contributed by atoms with E-state index < -0.39 is 0 Å². The lowest BCUT2D eigenvalue weighted by atomic mass is 10.2. The zero-order valence-electron chi connectivity index (χ0n) is 11.5. The van der Waals surface area contributed by atoms with Crippen LogP contribution in [0.5, 0.6) is 0 Å². The predicted molar refractivity (Wildman–Crippen MR) is 96.8 cm³/mol. The molecule has 0 unspecified atom stereocenters. The molecule has 4 nitrogen and oxygen atoms in total. The molecular formula is C13H18BrCl2N3OS. The maximum atomic E-state index is 11.7. The molecule has 1 amide bonds. The summed E-state index contributed by atoms with van der Waals surface area (Å²) < 4.78 is 2.17. The summed E-state index contributed by atoms with van der Waals surface area (Å²) in [6, 6.07) is 6.06. The van der Waals surface area contributed by atoms with Crippen molar-refractivity contribution in [3.8, 4) is 0 Å². The monoisotopic (exact) mass is 413 g/mol. The fourth-order valence-electron chi connectivity index (χ4n) is 1.68. The van der Waals surface area contributed by atoms with Gasteiger partial charge in [-0.2, -0.15) is 0 Å². The number of benzene rings is 1. The van der Waals surface area contributed by atoms with Gasteiger partial charge in [-0.25, -0.2) is 4.98 Å². The van der Waals surface area contributed by atoms with Crippen LogP contribution in [0.2, 0.25) is 0 Å². The van der Waals surface area contributed by atoms with Gasteiger partial charge in [0, 0.05) is 29.9 Å². The van der Waals surface area contributed by atoms with E-state index in [1.165, 1.54) is 0 Å². The van der Waals surface area contributed by atoms with Crippen molar-refractivity contribution in [2.75, 3.05) is 6.54 Å². The molecule has 2 rings (SSSR count). The Kier molecular flexibility index (Phi) is 9.40. The standard InChI is InChI=1S/C13H16BrN3OS.2ClH/c1-8(7-15)16-12(18)4-5-13-17-10-6-9(14)2-3-11(10)19-13;;/h2-3,6,8H,4-5,7,15H2,1H3,(H,16,18);2*1H/t8-;;/m0../s1. The Morgan fingerprint density at radius 2 is 2.19 bits per heavy atom. The van der Waals surface area contributed by atoms with E-state index in [2.05, 4.69) is 26.2 Å². The minimum atomic E-state index is 0. The zero-order chi connectivity index (χ0) is 13.8. The average molecular weight is 415 g/mol. The van der Waals surface area contributed by atoms with Crippen molar-refractivity contribution >= 4 is 68.2 Å². The van der Waals surface area contributed by atoms with E-state index >= 15 is 0 Å². The van der Waals surface area contributed by atoms with Crippen LogP contribution in [0.4, 0.5) is 0 Å². The van der Waals surface area contributed by atoms with Crippen LogP contribution in [0.1, 0.15) is 18.4 Å². The van der Waals surface area contributed by atoms with Gasteiger partial charge in [0.1, 0.15) is 0 Å². The second-order valence-electron chi connectivity index (χ2n) is 4.42. The van der Waals surface area contributed by atoms with Gasteiger partial charge in [-0.15, -0.1) is 36.2 Å². The van der Waals surface area contributed by atoms with Crippen molar-refractivity contribution in [3.05, 3.63) is 27.7 Å². The maximum Gasteiger partial charge on any atom is 0.220 e. The largest absolute Gasteiger partial charge is 0.352 e. The van der Waals surface area contributed by atoms with Gasteiger partial charge in [-0.05, 0) is 25.1 Å². The number of fused-ring (bicyclic) bond motifs is 1. The van der Waals surface area contributed by atoms with Gasteiger partial charge in [0.2, 0.25) is 5.91 Å². The number of nitrogens with two attached hydrogens (primary N) is 1. The van der Waals surface area contributed by atoms with Crippen LogP contribution in [0, 0.1) is 0 Å². The first-order chi connectivity index (χ1) is 9.08. The Morgan fingerprint density at radius 3 is 2.86 bits per heavy atom. The quantitative estimate of drug-likeness (QED) is 0.788. The van der Waals surface area contributed by atoms with Gasteiger partial charge in [0.25, 0.3) is 0 Å². The van der Waals surface area contributed by atoms with Gasteiger partial charge in [-0.3, -0.25) is 4.79 Å². The van der Waals surface area contributed by atoms with Gasteiger partial charge < -0.3 is 11.1 Å². The summed E-state index contributed by atoms with van der Waals surface area (Å²) in [5.41, 5.74) is 6.44. The summed E-state index contributed by atoms with van der Waals surface area (Å²) >= 11 is 5.06. The van der Waals surface area contributed by atoms with E-state index in [1.807, 2.05) is 25.1 Å². The predicted octanol–water partition coefficient (Wildman–Crippen LogP) is 3.30. The number of rotatable bonds is 5. The number of hydrogen-bond donors (Lipinski definition) is 2.